The van der Waals surface area contributed by atoms with Crippen LogP contribution in [0.2, 0.25) is 0 Å². The summed E-state index contributed by atoms with van der Waals surface area (Å²) in [5.74, 6) is 0.490. The van der Waals surface area contributed by atoms with Crippen LogP contribution in [0.15, 0.2) is 14.7 Å². The summed E-state index contributed by atoms with van der Waals surface area (Å²) in [5, 5.41) is 3.34. The number of aryl methyl sites for hydroxylation is 1. The van der Waals surface area contributed by atoms with Gasteiger partial charge in [0.15, 0.2) is 0 Å². The number of piperidine rings is 1. The lowest BCUT2D eigenvalue weighted by molar-refractivity contribution is 0.283. The van der Waals surface area contributed by atoms with Gasteiger partial charge in [-0.15, -0.1) is 11.3 Å². The second kappa shape index (κ2) is 6.28. The number of nitrogens with one attached hydrogen (secondary N) is 1. The maximum Gasteiger partial charge on any atom is 0.244 e. The van der Waals surface area contributed by atoms with Gasteiger partial charge in [-0.1, -0.05) is 0 Å². The van der Waals surface area contributed by atoms with Crippen LogP contribution in [0.1, 0.15) is 30.6 Å². The van der Waals surface area contributed by atoms with Crippen molar-refractivity contribution in [3.05, 3.63) is 14.7 Å². The maximum atomic E-state index is 13.0. The minimum Gasteiger partial charge on any atom is -0.317 e. The maximum absolute atomic E-state index is 13.0. The molecule has 7 heteroatoms. The van der Waals surface area contributed by atoms with E-state index in [1.54, 1.807) is 10.4 Å². The van der Waals surface area contributed by atoms with Crippen molar-refractivity contribution in [2.45, 2.75) is 43.5 Å². The Morgan fingerprint density at radius 2 is 2.00 bits per heavy atom. The Balaban J connectivity index is 1.84. The highest BCUT2D eigenvalue weighted by Crippen LogP contribution is 2.37. The van der Waals surface area contributed by atoms with E-state index in [2.05, 4.69) is 21.2 Å². The molecule has 1 N–H and O–H groups in total. The van der Waals surface area contributed by atoms with Crippen LogP contribution in [0.5, 0.6) is 0 Å². The molecule has 0 spiro atoms. The van der Waals surface area contributed by atoms with Crippen molar-refractivity contribution < 1.29 is 8.42 Å². The van der Waals surface area contributed by atoms with E-state index in [0.717, 1.165) is 47.4 Å². The van der Waals surface area contributed by atoms with Gasteiger partial charge < -0.3 is 5.32 Å². The Bertz CT molecular complexity index is 604. The lowest BCUT2D eigenvalue weighted by Gasteiger charge is -2.29. The molecule has 21 heavy (non-hydrogen) atoms. The van der Waals surface area contributed by atoms with E-state index in [4.69, 9.17) is 0 Å². The van der Waals surface area contributed by atoms with Gasteiger partial charge in [0.1, 0.15) is 0 Å². The molecule has 118 valence electrons. The van der Waals surface area contributed by atoms with E-state index in [0.29, 0.717) is 17.4 Å². The molecule has 1 aromatic rings. The molecule has 0 bridgehead atoms. The van der Waals surface area contributed by atoms with Gasteiger partial charge in [0.25, 0.3) is 0 Å². The van der Waals surface area contributed by atoms with Crippen molar-refractivity contribution in [2.24, 2.45) is 5.92 Å². The highest BCUT2D eigenvalue weighted by atomic mass is 79.9. The standard InChI is InChI=1S/C14H21BrN2O2S2/c1-10-13(8-14(15)20-10)21(18,19)17(12-2-3-12)9-11-4-6-16-7-5-11/h8,11-12,16H,2-7,9H2,1H3. The molecule has 1 saturated heterocycles. The fraction of sp³-hybridized carbons (Fsp3) is 0.714. The van der Waals surface area contributed by atoms with Crippen LogP contribution >= 0.6 is 27.3 Å². The quantitative estimate of drug-likeness (QED) is 0.837. The van der Waals surface area contributed by atoms with Crippen molar-refractivity contribution in [3.63, 3.8) is 0 Å². The summed E-state index contributed by atoms with van der Waals surface area (Å²) in [6.07, 6.45) is 4.17. The van der Waals surface area contributed by atoms with Crippen LogP contribution in [0.3, 0.4) is 0 Å². The van der Waals surface area contributed by atoms with Gasteiger partial charge in [-0.3, -0.25) is 0 Å². The van der Waals surface area contributed by atoms with Crippen molar-refractivity contribution in [3.8, 4) is 0 Å². The fourth-order valence-electron chi connectivity index (χ4n) is 2.94. The molecule has 3 rings (SSSR count). The molecule has 1 aromatic heterocycles. The first-order chi connectivity index (χ1) is 9.98. The summed E-state index contributed by atoms with van der Waals surface area (Å²) in [6.45, 7) is 4.58. The van der Waals surface area contributed by atoms with Gasteiger partial charge in [0, 0.05) is 17.5 Å². The van der Waals surface area contributed by atoms with E-state index in [1.165, 1.54) is 11.3 Å². The monoisotopic (exact) mass is 392 g/mol. The second-order valence-corrected chi connectivity index (χ2v) is 10.5. The molecular formula is C14H21BrN2O2S2. The van der Waals surface area contributed by atoms with Gasteiger partial charge >= 0.3 is 0 Å². The normalized spacial score (nSPS) is 21.1. The first kappa shape index (κ1) is 15.9. The van der Waals surface area contributed by atoms with Gasteiger partial charge in [-0.2, -0.15) is 4.31 Å². The molecule has 0 radical (unpaired) electrons. The van der Waals surface area contributed by atoms with Crippen LogP contribution in [0.25, 0.3) is 0 Å². The molecule has 1 saturated carbocycles. The summed E-state index contributed by atoms with van der Waals surface area (Å²) in [5.41, 5.74) is 0. The molecule has 1 aliphatic heterocycles. The third-order valence-corrected chi connectivity index (χ3v) is 8.01. The number of rotatable bonds is 5. The average molecular weight is 393 g/mol. The summed E-state index contributed by atoms with van der Waals surface area (Å²) < 4.78 is 28.7. The Labute approximate surface area is 139 Å². The number of hydrogen-bond donors (Lipinski definition) is 1. The molecule has 2 fully saturated rings. The zero-order chi connectivity index (χ0) is 15.0. The number of halogens is 1. The molecule has 0 unspecified atom stereocenters. The smallest absolute Gasteiger partial charge is 0.244 e. The van der Waals surface area contributed by atoms with Crippen LogP contribution in [-0.4, -0.2) is 38.4 Å². The first-order valence-electron chi connectivity index (χ1n) is 7.47. The van der Waals surface area contributed by atoms with Crippen molar-refractivity contribution in [1.29, 1.82) is 0 Å². The minimum absolute atomic E-state index is 0.225. The molecular weight excluding hydrogens is 372 g/mol. The van der Waals surface area contributed by atoms with Crippen molar-refractivity contribution >= 4 is 37.3 Å². The third kappa shape index (κ3) is 3.52. The SMILES string of the molecule is Cc1sc(Br)cc1S(=O)(=O)N(CC1CCNCC1)C1CC1. The summed E-state index contributed by atoms with van der Waals surface area (Å²) >= 11 is 4.90. The van der Waals surface area contributed by atoms with E-state index in [1.807, 2.05) is 6.92 Å². The highest BCUT2D eigenvalue weighted by Gasteiger charge is 2.40. The van der Waals surface area contributed by atoms with Crippen LogP contribution in [0.4, 0.5) is 0 Å². The van der Waals surface area contributed by atoms with Gasteiger partial charge in [-0.05, 0) is 73.6 Å². The molecule has 0 atom stereocenters. The van der Waals surface area contributed by atoms with E-state index >= 15 is 0 Å². The van der Waals surface area contributed by atoms with E-state index < -0.39 is 10.0 Å². The Kier molecular flexibility index (Phi) is 4.76. The molecule has 0 aromatic carbocycles. The largest absolute Gasteiger partial charge is 0.317 e. The predicted octanol–water partition coefficient (Wildman–Crippen LogP) is 2.97. The van der Waals surface area contributed by atoms with Crippen LogP contribution < -0.4 is 5.32 Å². The zero-order valence-electron chi connectivity index (χ0n) is 12.1. The van der Waals surface area contributed by atoms with E-state index in [-0.39, 0.29) is 6.04 Å². The number of sulfonamides is 1. The van der Waals surface area contributed by atoms with Crippen LogP contribution in [0, 0.1) is 12.8 Å². The van der Waals surface area contributed by atoms with Crippen LogP contribution in [-0.2, 0) is 10.0 Å². The summed E-state index contributed by atoms with van der Waals surface area (Å²) in [7, 11) is -3.35. The fourth-order valence-corrected chi connectivity index (χ4v) is 7.08. The Hall–Kier alpha value is 0.0500. The third-order valence-electron chi connectivity index (χ3n) is 4.28. The minimum atomic E-state index is -3.35. The highest BCUT2D eigenvalue weighted by molar-refractivity contribution is 9.11. The molecule has 0 amide bonds. The lowest BCUT2D eigenvalue weighted by atomic mass is 9.98. The lowest BCUT2D eigenvalue weighted by Crippen LogP contribution is -2.40. The molecule has 1 aliphatic carbocycles. The number of nitrogens with zero attached hydrogens (tertiary/aromatic N) is 1. The van der Waals surface area contributed by atoms with Gasteiger partial charge in [0.05, 0.1) is 8.68 Å². The zero-order valence-corrected chi connectivity index (χ0v) is 15.4. The number of thiophene rings is 1. The average Bonchev–Trinajstić information content (AvgIpc) is 3.21. The summed E-state index contributed by atoms with van der Waals surface area (Å²) in [4.78, 5) is 1.36. The molecule has 2 heterocycles. The Morgan fingerprint density at radius 1 is 1.33 bits per heavy atom. The van der Waals surface area contributed by atoms with Gasteiger partial charge in [-0.25, -0.2) is 8.42 Å². The topological polar surface area (TPSA) is 49.4 Å². The summed E-state index contributed by atoms with van der Waals surface area (Å²) in [6, 6.07) is 1.98. The van der Waals surface area contributed by atoms with E-state index in [9.17, 15) is 8.42 Å². The molecule has 2 aliphatic rings. The predicted molar refractivity (Wildman–Crippen MR) is 89.3 cm³/mol. The second-order valence-electron chi connectivity index (χ2n) is 5.97. The molecule has 4 nitrogen and oxygen atoms in total. The van der Waals surface area contributed by atoms with Crippen molar-refractivity contribution in [2.75, 3.05) is 19.6 Å². The van der Waals surface area contributed by atoms with Crippen molar-refractivity contribution in [1.82, 2.24) is 9.62 Å². The number of hydrogen-bond acceptors (Lipinski definition) is 4. The Morgan fingerprint density at radius 3 is 2.52 bits per heavy atom. The first-order valence-corrected chi connectivity index (χ1v) is 10.5. The van der Waals surface area contributed by atoms with Gasteiger partial charge in [0.2, 0.25) is 10.0 Å².